The van der Waals surface area contributed by atoms with Crippen molar-refractivity contribution in [2.75, 3.05) is 34.8 Å². The van der Waals surface area contributed by atoms with Crippen LogP contribution in [0.1, 0.15) is 58.8 Å². The quantitative estimate of drug-likeness (QED) is 0.765. The minimum Gasteiger partial charge on any atom is -0.360 e. The lowest BCUT2D eigenvalue weighted by Gasteiger charge is -2.36. The summed E-state index contributed by atoms with van der Waals surface area (Å²) in [4.78, 5) is 14.5. The standard InChI is InChI=1S/C20H32N6S/c1-14-8-11-25(12-9-14)17-13-18(26-10-4-3-5-15(26)2)23-19(22-17)24-20(27)21-16-6-7-16/h13-16H,3-12H2,1-2H3,(H2,21,22,23,24,27)/t15-/m1/s1. The summed E-state index contributed by atoms with van der Waals surface area (Å²) in [6.45, 7) is 7.84. The van der Waals surface area contributed by atoms with E-state index < -0.39 is 0 Å². The summed E-state index contributed by atoms with van der Waals surface area (Å²) >= 11 is 5.46. The minimum absolute atomic E-state index is 0.521. The van der Waals surface area contributed by atoms with Crippen molar-refractivity contribution in [3.8, 4) is 0 Å². The van der Waals surface area contributed by atoms with E-state index in [1.54, 1.807) is 0 Å². The summed E-state index contributed by atoms with van der Waals surface area (Å²) in [5.74, 6) is 3.48. The molecule has 0 amide bonds. The first-order chi connectivity index (χ1) is 13.1. The maximum Gasteiger partial charge on any atom is 0.232 e. The molecule has 4 rings (SSSR count). The molecule has 6 nitrogen and oxygen atoms in total. The van der Waals surface area contributed by atoms with Crippen molar-refractivity contribution in [2.45, 2.75) is 70.9 Å². The molecule has 1 saturated carbocycles. The van der Waals surface area contributed by atoms with Crippen LogP contribution < -0.4 is 20.4 Å². The molecule has 1 aliphatic carbocycles. The Balaban J connectivity index is 1.57. The fraction of sp³-hybridized carbons (Fsp3) is 0.750. The van der Waals surface area contributed by atoms with Gasteiger partial charge in [-0.3, -0.25) is 0 Å². The molecule has 3 heterocycles. The molecule has 1 atom stereocenters. The van der Waals surface area contributed by atoms with Gasteiger partial charge in [-0.15, -0.1) is 0 Å². The van der Waals surface area contributed by atoms with Crippen LogP contribution in [0, 0.1) is 5.92 Å². The Morgan fingerprint density at radius 2 is 1.74 bits per heavy atom. The minimum atomic E-state index is 0.521. The van der Waals surface area contributed by atoms with E-state index in [9.17, 15) is 0 Å². The van der Waals surface area contributed by atoms with E-state index in [-0.39, 0.29) is 0 Å². The van der Waals surface area contributed by atoms with Gasteiger partial charge in [-0.2, -0.15) is 9.97 Å². The first-order valence-corrected chi connectivity index (χ1v) is 11.0. The van der Waals surface area contributed by atoms with Gasteiger partial charge in [0.1, 0.15) is 11.6 Å². The van der Waals surface area contributed by atoms with Crippen LogP contribution >= 0.6 is 12.2 Å². The molecule has 2 saturated heterocycles. The normalized spacial score (nSPS) is 24.0. The molecule has 0 unspecified atom stereocenters. The SMILES string of the molecule is CC1CCN(c2cc(N3CCCC[C@H]3C)nc(NC(=S)NC3CC3)n2)CC1. The van der Waals surface area contributed by atoms with Crippen LogP contribution in [-0.4, -0.2) is 46.8 Å². The number of piperidine rings is 2. The molecule has 27 heavy (non-hydrogen) atoms. The van der Waals surface area contributed by atoms with E-state index in [4.69, 9.17) is 22.2 Å². The van der Waals surface area contributed by atoms with Crippen LogP contribution in [0.15, 0.2) is 6.07 Å². The van der Waals surface area contributed by atoms with Crippen LogP contribution in [0.3, 0.4) is 0 Å². The predicted octanol–water partition coefficient (Wildman–Crippen LogP) is 3.54. The van der Waals surface area contributed by atoms with Gasteiger partial charge in [0, 0.05) is 37.8 Å². The molecule has 0 spiro atoms. The van der Waals surface area contributed by atoms with E-state index in [0.717, 1.165) is 37.2 Å². The number of hydrogen-bond donors (Lipinski definition) is 2. The van der Waals surface area contributed by atoms with Crippen molar-refractivity contribution >= 4 is 34.9 Å². The molecule has 2 N–H and O–H groups in total. The summed E-state index contributed by atoms with van der Waals surface area (Å²) in [5.41, 5.74) is 0. The van der Waals surface area contributed by atoms with Crippen molar-refractivity contribution in [2.24, 2.45) is 5.92 Å². The average Bonchev–Trinajstić information content (AvgIpc) is 3.46. The summed E-state index contributed by atoms with van der Waals surface area (Å²) < 4.78 is 0. The Morgan fingerprint density at radius 3 is 2.44 bits per heavy atom. The highest BCUT2D eigenvalue weighted by Crippen LogP contribution is 2.29. The Labute approximate surface area is 168 Å². The number of hydrogen-bond acceptors (Lipinski definition) is 5. The Kier molecular flexibility index (Phi) is 5.66. The summed E-state index contributed by atoms with van der Waals surface area (Å²) in [6.07, 6.45) is 8.62. The zero-order chi connectivity index (χ0) is 18.8. The maximum absolute atomic E-state index is 5.46. The first kappa shape index (κ1) is 18.7. The van der Waals surface area contributed by atoms with Crippen LogP contribution in [0.5, 0.6) is 0 Å². The van der Waals surface area contributed by atoms with E-state index in [1.165, 1.54) is 44.9 Å². The number of rotatable bonds is 4. The molecule has 3 aliphatic rings. The largest absolute Gasteiger partial charge is 0.360 e. The van der Waals surface area contributed by atoms with E-state index in [1.807, 2.05) is 0 Å². The topological polar surface area (TPSA) is 56.3 Å². The first-order valence-electron chi connectivity index (χ1n) is 10.6. The molecule has 7 heteroatoms. The second-order valence-corrected chi connectivity index (χ2v) is 8.90. The number of thiocarbonyl (C=S) groups is 1. The summed E-state index contributed by atoms with van der Waals surface area (Å²) in [5, 5.41) is 7.21. The fourth-order valence-electron chi connectivity index (χ4n) is 4.01. The average molecular weight is 389 g/mol. The number of nitrogens with zero attached hydrogens (tertiary/aromatic N) is 4. The van der Waals surface area contributed by atoms with Gasteiger partial charge in [-0.1, -0.05) is 6.92 Å². The van der Waals surface area contributed by atoms with Gasteiger partial charge >= 0.3 is 0 Å². The third kappa shape index (κ3) is 4.81. The lowest BCUT2D eigenvalue weighted by molar-refractivity contribution is 0.436. The lowest BCUT2D eigenvalue weighted by Crippen LogP contribution is -2.39. The van der Waals surface area contributed by atoms with Crippen molar-refractivity contribution in [1.82, 2.24) is 15.3 Å². The predicted molar refractivity (Wildman–Crippen MR) is 116 cm³/mol. The van der Waals surface area contributed by atoms with Crippen molar-refractivity contribution in [3.63, 3.8) is 0 Å². The fourth-order valence-corrected chi connectivity index (χ4v) is 4.27. The van der Waals surface area contributed by atoms with Crippen LogP contribution in [0.2, 0.25) is 0 Å². The number of anilines is 3. The molecular weight excluding hydrogens is 356 g/mol. The van der Waals surface area contributed by atoms with Gasteiger partial charge in [0.05, 0.1) is 0 Å². The second kappa shape index (κ2) is 8.17. The van der Waals surface area contributed by atoms with Crippen molar-refractivity contribution in [1.29, 1.82) is 0 Å². The third-order valence-corrected chi connectivity index (χ3v) is 6.26. The van der Waals surface area contributed by atoms with E-state index in [2.05, 4.69) is 40.3 Å². The van der Waals surface area contributed by atoms with E-state index in [0.29, 0.717) is 23.1 Å². The summed E-state index contributed by atoms with van der Waals surface area (Å²) in [6, 6.07) is 3.23. The highest BCUT2D eigenvalue weighted by molar-refractivity contribution is 7.80. The van der Waals surface area contributed by atoms with Gasteiger partial charge in [-0.25, -0.2) is 0 Å². The molecule has 3 fully saturated rings. The van der Waals surface area contributed by atoms with Gasteiger partial charge < -0.3 is 20.4 Å². The number of aromatic nitrogens is 2. The highest BCUT2D eigenvalue weighted by Gasteiger charge is 2.25. The third-order valence-electron chi connectivity index (χ3n) is 6.04. The maximum atomic E-state index is 5.46. The Hall–Kier alpha value is -1.63. The monoisotopic (exact) mass is 388 g/mol. The summed E-state index contributed by atoms with van der Waals surface area (Å²) in [7, 11) is 0. The zero-order valence-electron chi connectivity index (χ0n) is 16.6. The molecule has 2 aliphatic heterocycles. The van der Waals surface area contributed by atoms with Crippen molar-refractivity contribution in [3.05, 3.63) is 6.07 Å². The molecule has 0 radical (unpaired) electrons. The van der Waals surface area contributed by atoms with Gasteiger partial charge in [0.25, 0.3) is 0 Å². The van der Waals surface area contributed by atoms with Gasteiger partial charge in [-0.05, 0) is 70.0 Å². The van der Waals surface area contributed by atoms with Gasteiger partial charge in [0.2, 0.25) is 5.95 Å². The molecule has 1 aromatic heterocycles. The van der Waals surface area contributed by atoms with Crippen molar-refractivity contribution < 1.29 is 0 Å². The van der Waals surface area contributed by atoms with Crippen LogP contribution in [-0.2, 0) is 0 Å². The molecular formula is C20H32N6S. The highest BCUT2D eigenvalue weighted by atomic mass is 32.1. The molecule has 1 aromatic rings. The van der Waals surface area contributed by atoms with Crippen LogP contribution in [0.25, 0.3) is 0 Å². The molecule has 0 aromatic carbocycles. The molecule has 148 valence electrons. The Bertz CT molecular complexity index is 668. The lowest BCUT2D eigenvalue weighted by atomic mass is 9.99. The van der Waals surface area contributed by atoms with Crippen LogP contribution in [0.4, 0.5) is 17.6 Å². The molecule has 0 bridgehead atoms. The number of nitrogens with one attached hydrogen (secondary N) is 2. The van der Waals surface area contributed by atoms with E-state index >= 15 is 0 Å². The second-order valence-electron chi connectivity index (χ2n) is 8.49. The zero-order valence-corrected chi connectivity index (χ0v) is 17.4. The smallest absolute Gasteiger partial charge is 0.232 e. The Morgan fingerprint density at radius 1 is 1.00 bits per heavy atom. The van der Waals surface area contributed by atoms with Gasteiger partial charge in [0.15, 0.2) is 5.11 Å².